The van der Waals surface area contributed by atoms with Crippen molar-refractivity contribution in [2.24, 2.45) is 5.92 Å². The second kappa shape index (κ2) is 6.88. The quantitative estimate of drug-likeness (QED) is 0.739. The van der Waals surface area contributed by atoms with E-state index in [2.05, 4.69) is 40.4 Å². The summed E-state index contributed by atoms with van der Waals surface area (Å²) >= 11 is 2.94. The van der Waals surface area contributed by atoms with Gasteiger partial charge in [-0.25, -0.2) is 4.79 Å². The number of urea groups is 1. The molecule has 0 aromatic heterocycles. The highest BCUT2D eigenvalue weighted by Gasteiger charge is 2.04. The van der Waals surface area contributed by atoms with E-state index in [1.807, 2.05) is 0 Å². The third-order valence-electron chi connectivity index (χ3n) is 1.38. The predicted molar refractivity (Wildman–Crippen MR) is 54.8 cm³/mol. The molecule has 0 spiro atoms. The molecule has 3 amide bonds. The van der Waals surface area contributed by atoms with Crippen molar-refractivity contribution in [2.75, 3.05) is 11.9 Å². The highest BCUT2D eigenvalue weighted by Crippen LogP contribution is 1.95. The van der Waals surface area contributed by atoms with Crippen LogP contribution in [0.25, 0.3) is 0 Å². The Bertz CT molecular complexity index is 183. The third-order valence-corrected chi connectivity index (χ3v) is 1.89. The summed E-state index contributed by atoms with van der Waals surface area (Å²) in [6.07, 6.45) is 0.913. The zero-order valence-corrected chi connectivity index (χ0v) is 9.48. The number of halogens is 1. The molecule has 0 aromatic rings. The van der Waals surface area contributed by atoms with Gasteiger partial charge in [0.1, 0.15) is 0 Å². The molecule has 0 radical (unpaired) electrons. The molecule has 2 N–H and O–H groups in total. The number of hydrogen-bond donors (Lipinski definition) is 2. The fraction of sp³-hybridized carbons (Fsp3) is 0.750. The van der Waals surface area contributed by atoms with E-state index in [4.69, 9.17) is 0 Å². The number of nitrogens with one attached hydrogen (secondary N) is 2. The lowest BCUT2D eigenvalue weighted by atomic mass is 10.1. The molecule has 0 bridgehead atoms. The minimum atomic E-state index is -0.426. The molecule has 0 unspecified atom stereocenters. The lowest BCUT2D eigenvalue weighted by Gasteiger charge is -2.06. The first-order valence-corrected chi connectivity index (χ1v) is 5.32. The largest absolute Gasteiger partial charge is 0.338 e. The average molecular weight is 251 g/mol. The van der Waals surface area contributed by atoms with Crippen molar-refractivity contribution in [2.45, 2.75) is 20.3 Å². The summed E-state index contributed by atoms with van der Waals surface area (Å²) in [4.78, 5) is 21.6. The summed E-state index contributed by atoms with van der Waals surface area (Å²) in [5.74, 6) is 0.217. The Morgan fingerprint density at radius 1 is 1.38 bits per heavy atom. The van der Waals surface area contributed by atoms with Gasteiger partial charge in [-0.05, 0) is 12.3 Å². The molecule has 0 atom stereocenters. The van der Waals surface area contributed by atoms with Gasteiger partial charge in [0, 0.05) is 6.54 Å². The van der Waals surface area contributed by atoms with Crippen LogP contribution in [0.5, 0.6) is 0 Å². The molecule has 0 aliphatic heterocycles. The summed E-state index contributed by atoms with van der Waals surface area (Å²) in [6, 6.07) is -0.426. The van der Waals surface area contributed by atoms with Crippen LogP contribution in [0.15, 0.2) is 0 Å². The summed E-state index contributed by atoms with van der Waals surface area (Å²) in [6.45, 7) is 4.74. The van der Waals surface area contributed by atoms with Gasteiger partial charge in [0.2, 0.25) is 5.91 Å². The van der Waals surface area contributed by atoms with Gasteiger partial charge in [-0.2, -0.15) is 0 Å². The first-order chi connectivity index (χ1) is 6.06. The van der Waals surface area contributed by atoms with Crippen LogP contribution in [0.4, 0.5) is 4.79 Å². The SMILES string of the molecule is CC(C)CCNC(=O)NC(=O)CBr. The molecule has 0 rings (SSSR count). The van der Waals surface area contributed by atoms with Crippen molar-refractivity contribution in [3.05, 3.63) is 0 Å². The van der Waals surface area contributed by atoms with Gasteiger partial charge in [0.15, 0.2) is 0 Å². The Labute approximate surface area is 86.6 Å². The maximum atomic E-state index is 10.9. The molecule has 0 heterocycles. The van der Waals surface area contributed by atoms with Gasteiger partial charge in [0.25, 0.3) is 0 Å². The monoisotopic (exact) mass is 250 g/mol. The number of carbonyl (C=O) groups is 2. The zero-order chi connectivity index (χ0) is 10.3. The van der Waals surface area contributed by atoms with Crippen molar-refractivity contribution in [3.8, 4) is 0 Å². The van der Waals surface area contributed by atoms with Gasteiger partial charge in [-0.1, -0.05) is 29.8 Å². The van der Waals surface area contributed by atoms with Crippen LogP contribution in [0.1, 0.15) is 20.3 Å². The number of carbonyl (C=O) groups excluding carboxylic acids is 2. The molecule has 76 valence electrons. The molecule has 0 saturated heterocycles. The fourth-order valence-corrected chi connectivity index (χ4v) is 0.819. The van der Waals surface area contributed by atoms with Gasteiger partial charge in [0.05, 0.1) is 5.33 Å². The Hall–Kier alpha value is -0.580. The number of rotatable bonds is 4. The van der Waals surface area contributed by atoms with Crippen molar-refractivity contribution < 1.29 is 9.59 Å². The zero-order valence-electron chi connectivity index (χ0n) is 7.89. The van der Waals surface area contributed by atoms with Gasteiger partial charge < -0.3 is 5.32 Å². The molecular weight excluding hydrogens is 236 g/mol. The molecule has 0 aromatic carbocycles. The van der Waals surface area contributed by atoms with E-state index < -0.39 is 6.03 Å². The summed E-state index contributed by atoms with van der Waals surface area (Å²) in [7, 11) is 0. The van der Waals surface area contributed by atoms with E-state index >= 15 is 0 Å². The summed E-state index contributed by atoms with van der Waals surface area (Å²) in [5, 5.41) is 4.90. The van der Waals surface area contributed by atoms with E-state index in [0.717, 1.165) is 6.42 Å². The molecular formula is C8H15BrN2O2. The maximum absolute atomic E-state index is 10.9. The normalized spacial score (nSPS) is 9.85. The molecule has 13 heavy (non-hydrogen) atoms. The molecule has 4 nitrogen and oxygen atoms in total. The standard InChI is InChI=1S/C8H15BrN2O2/c1-6(2)3-4-10-8(13)11-7(12)5-9/h6H,3-5H2,1-2H3,(H2,10,11,12,13). The van der Waals surface area contributed by atoms with Crippen LogP contribution >= 0.6 is 15.9 Å². The predicted octanol–water partition coefficient (Wildman–Crippen LogP) is 1.25. The summed E-state index contributed by atoms with van der Waals surface area (Å²) < 4.78 is 0. The van der Waals surface area contributed by atoms with Crippen LogP contribution in [-0.4, -0.2) is 23.8 Å². The van der Waals surface area contributed by atoms with Gasteiger partial charge in [-0.15, -0.1) is 0 Å². The lowest BCUT2D eigenvalue weighted by Crippen LogP contribution is -2.40. The number of imide groups is 1. The van der Waals surface area contributed by atoms with Crippen LogP contribution in [0.3, 0.4) is 0 Å². The fourth-order valence-electron chi connectivity index (χ4n) is 0.679. The average Bonchev–Trinajstić information content (AvgIpc) is 2.03. The van der Waals surface area contributed by atoms with E-state index in [9.17, 15) is 9.59 Å². The van der Waals surface area contributed by atoms with Crippen LogP contribution in [0, 0.1) is 5.92 Å². The first kappa shape index (κ1) is 12.4. The third kappa shape index (κ3) is 7.77. The van der Waals surface area contributed by atoms with Crippen molar-refractivity contribution in [1.82, 2.24) is 10.6 Å². The Morgan fingerprint density at radius 2 is 2.00 bits per heavy atom. The highest BCUT2D eigenvalue weighted by molar-refractivity contribution is 9.09. The molecule has 0 aliphatic carbocycles. The maximum Gasteiger partial charge on any atom is 0.321 e. The number of alkyl halides is 1. The van der Waals surface area contributed by atoms with Gasteiger partial charge in [-0.3, -0.25) is 10.1 Å². The first-order valence-electron chi connectivity index (χ1n) is 4.20. The van der Waals surface area contributed by atoms with Crippen LogP contribution < -0.4 is 10.6 Å². The smallest absolute Gasteiger partial charge is 0.321 e. The Kier molecular flexibility index (Phi) is 6.58. The Balaban J connectivity index is 3.46. The van der Waals surface area contributed by atoms with Gasteiger partial charge >= 0.3 is 6.03 Å². The minimum Gasteiger partial charge on any atom is -0.338 e. The van der Waals surface area contributed by atoms with Crippen LogP contribution in [-0.2, 0) is 4.79 Å². The van der Waals surface area contributed by atoms with E-state index in [1.165, 1.54) is 0 Å². The van der Waals surface area contributed by atoms with Crippen LogP contribution in [0.2, 0.25) is 0 Å². The number of hydrogen-bond acceptors (Lipinski definition) is 2. The van der Waals surface area contributed by atoms with E-state index in [0.29, 0.717) is 12.5 Å². The van der Waals surface area contributed by atoms with Crippen molar-refractivity contribution >= 4 is 27.9 Å². The van der Waals surface area contributed by atoms with E-state index in [1.54, 1.807) is 0 Å². The molecule has 5 heteroatoms. The molecule has 0 aliphatic rings. The topological polar surface area (TPSA) is 58.2 Å². The second-order valence-electron chi connectivity index (χ2n) is 3.12. The lowest BCUT2D eigenvalue weighted by molar-refractivity contribution is -0.117. The van der Waals surface area contributed by atoms with Crippen molar-refractivity contribution in [3.63, 3.8) is 0 Å². The minimum absolute atomic E-state index is 0.143. The molecule has 0 saturated carbocycles. The van der Waals surface area contributed by atoms with Crippen molar-refractivity contribution in [1.29, 1.82) is 0 Å². The highest BCUT2D eigenvalue weighted by atomic mass is 79.9. The summed E-state index contributed by atoms with van der Waals surface area (Å²) in [5.41, 5.74) is 0. The van der Waals surface area contributed by atoms with E-state index in [-0.39, 0.29) is 11.2 Å². The molecule has 0 fully saturated rings. The number of amides is 3. The Morgan fingerprint density at radius 3 is 2.46 bits per heavy atom. The second-order valence-corrected chi connectivity index (χ2v) is 3.68.